The van der Waals surface area contributed by atoms with E-state index >= 15 is 0 Å². The van der Waals surface area contributed by atoms with Gasteiger partial charge in [-0.25, -0.2) is 9.97 Å². The van der Waals surface area contributed by atoms with Crippen LogP contribution in [-0.2, 0) is 4.79 Å². The highest BCUT2D eigenvalue weighted by Crippen LogP contribution is 2.41. The van der Waals surface area contributed by atoms with Crippen molar-refractivity contribution in [1.29, 1.82) is 0 Å². The molecule has 1 saturated carbocycles. The molecule has 4 aromatic rings. The van der Waals surface area contributed by atoms with Crippen LogP contribution in [0.5, 0.6) is 5.75 Å². The normalized spacial score (nSPS) is 12.6. The van der Waals surface area contributed by atoms with Crippen LogP contribution in [0.1, 0.15) is 18.9 Å². The maximum absolute atomic E-state index is 12.3. The van der Waals surface area contributed by atoms with E-state index in [0.29, 0.717) is 29.1 Å². The molecule has 10 heteroatoms. The van der Waals surface area contributed by atoms with Crippen molar-refractivity contribution >= 4 is 52.2 Å². The van der Waals surface area contributed by atoms with Crippen LogP contribution in [-0.4, -0.2) is 66.7 Å². The lowest BCUT2D eigenvalue weighted by Gasteiger charge is -2.26. The van der Waals surface area contributed by atoms with Gasteiger partial charge in [0.25, 0.3) is 0 Å². The largest absolute Gasteiger partial charge is 0.494 e. The van der Waals surface area contributed by atoms with Gasteiger partial charge in [-0.2, -0.15) is 0 Å². The molecular formula is C30H36ClN7O2. The zero-order valence-electron chi connectivity index (χ0n) is 23.3. The summed E-state index contributed by atoms with van der Waals surface area (Å²) in [6.07, 6.45) is 7.63. The predicted octanol–water partition coefficient (Wildman–Crippen LogP) is 5.73. The lowest BCUT2D eigenvalue weighted by atomic mass is 10.1. The van der Waals surface area contributed by atoms with Crippen molar-refractivity contribution < 1.29 is 9.53 Å². The van der Waals surface area contributed by atoms with E-state index in [-0.39, 0.29) is 18.3 Å². The number of carbonyl (C=O) groups excluding carboxylic acids is 1. The number of rotatable bonds is 11. The number of benzene rings is 2. The van der Waals surface area contributed by atoms with Gasteiger partial charge in [0, 0.05) is 61.1 Å². The number of nitrogens with zero attached hydrogens (tertiary/aromatic N) is 5. The SMILES string of the molecule is C=CC(=O)Nc1cc(Nc2nccc(-c3cn(C4CC4)c4ccccc34)n2)c(OC)cc1N(C)CCN(C)C.Cl. The fourth-order valence-electron chi connectivity index (χ4n) is 4.66. The molecule has 9 nitrogen and oxygen atoms in total. The summed E-state index contributed by atoms with van der Waals surface area (Å²) in [4.78, 5) is 25.8. The van der Waals surface area contributed by atoms with Gasteiger partial charge in [0.15, 0.2) is 0 Å². The van der Waals surface area contributed by atoms with Gasteiger partial charge in [-0.3, -0.25) is 4.79 Å². The lowest BCUT2D eigenvalue weighted by Crippen LogP contribution is -2.29. The molecule has 1 aliphatic rings. The molecule has 210 valence electrons. The quantitative estimate of drug-likeness (QED) is 0.226. The number of nitrogens with one attached hydrogen (secondary N) is 2. The molecule has 0 saturated heterocycles. The van der Waals surface area contributed by atoms with E-state index in [0.717, 1.165) is 30.0 Å². The Bertz CT molecular complexity index is 1510. The van der Waals surface area contributed by atoms with Crippen molar-refractivity contribution in [2.24, 2.45) is 0 Å². The van der Waals surface area contributed by atoms with Gasteiger partial charge in [0.05, 0.1) is 29.9 Å². The number of halogens is 1. The average molecular weight is 562 g/mol. The van der Waals surface area contributed by atoms with Crippen molar-refractivity contribution in [2.75, 3.05) is 56.9 Å². The van der Waals surface area contributed by atoms with Gasteiger partial charge in [-0.1, -0.05) is 24.8 Å². The summed E-state index contributed by atoms with van der Waals surface area (Å²) < 4.78 is 8.10. The molecule has 1 fully saturated rings. The highest BCUT2D eigenvalue weighted by Gasteiger charge is 2.26. The van der Waals surface area contributed by atoms with Crippen LogP contribution >= 0.6 is 12.4 Å². The van der Waals surface area contributed by atoms with Gasteiger partial charge < -0.3 is 29.7 Å². The summed E-state index contributed by atoms with van der Waals surface area (Å²) in [7, 11) is 7.66. The summed E-state index contributed by atoms with van der Waals surface area (Å²) in [6, 6.07) is 14.7. The van der Waals surface area contributed by atoms with Gasteiger partial charge in [0.2, 0.25) is 11.9 Å². The molecule has 40 heavy (non-hydrogen) atoms. The minimum absolute atomic E-state index is 0. The summed E-state index contributed by atoms with van der Waals surface area (Å²) in [5.41, 5.74) is 5.24. The number of methoxy groups -OCH3 is 1. The van der Waals surface area contributed by atoms with Crippen LogP contribution < -0.4 is 20.3 Å². The van der Waals surface area contributed by atoms with Gasteiger partial charge in [0.1, 0.15) is 5.75 Å². The van der Waals surface area contributed by atoms with Crippen LogP contribution in [0.3, 0.4) is 0 Å². The predicted molar refractivity (Wildman–Crippen MR) is 165 cm³/mol. The molecule has 0 bridgehead atoms. The van der Waals surface area contributed by atoms with Gasteiger partial charge in [-0.05, 0) is 51.2 Å². The molecule has 2 aromatic heterocycles. The number of anilines is 4. The maximum atomic E-state index is 12.3. The second-order valence-electron chi connectivity index (χ2n) is 10.1. The maximum Gasteiger partial charge on any atom is 0.247 e. The first-order chi connectivity index (χ1) is 18.9. The number of hydrogen-bond acceptors (Lipinski definition) is 7. The van der Waals surface area contributed by atoms with Gasteiger partial charge >= 0.3 is 0 Å². The highest BCUT2D eigenvalue weighted by atomic mass is 35.5. The Morgan fingerprint density at radius 1 is 1.15 bits per heavy atom. The van der Waals surface area contributed by atoms with E-state index in [2.05, 4.69) is 67.0 Å². The number of likely N-dealkylation sites (N-methyl/N-ethyl adjacent to an activating group) is 2. The van der Waals surface area contributed by atoms with Crippen molar-refractivity contribution in [2.45, 2.75) is 18.9 Å². The number of hydrogen-bond donors (Lipinski definition) is 2. The van der Waals surface area contributed by atoms with Crippen LogP contribution in [0.25, 0.3) is 22.2 Å². The molecule has 0 radical (unpaired) electrons. The molecule has 5 rings (SSSR count). The Balaban J connectivity index is 0.00000370. The molecule has 1 aliphatic carbocycles. The summed E-state index contributed by atoms with van der Waals surface area (Å²) in [6.45, 7) is 5.21. The van der Waals surface area contributed by atoms with E-state index in [1.165, 1.54) is 29.8 Å². The van der Waals surface area contributed by atoms with Crippen molar-refractivity contribution in [1.82, 2.24) is 19.4 Å². The van der Waals surface area contributed by atoms with Gasteiger partial charge in [-0.15, -0.1) is 12.4 Å². The molecular weight excluding hydrogens is 526 g/mol. The van der Waals surface area contributed by atoms with E-state index in [1.807, 2.05) is 39.3 Å². The molecule has 0 atom stereocenters. The number of aromatic nitrogens is 3. The Morgan fingerprint density at radius 2 is 1.93 bits per heavy atom. The Labute approximate surface area is 241 Å². The molecule has 0 aliphatic heterocycles. The average Bonchev–Trinajstić information content (AvgIpc) is 3.71. The fraction of sp³-hybridized carbons (Fsp3) is 0.300. The summed E-state index contributed by atoms with van der Waals surface area (Å²) in [5.74, 6) is 0.750. The fourth-order valence-corrected chi connectivity index (χ4v) is 4.66. The van der Waals surface area contributed by atoms with E-state index in [4.69, 9.17) is 9.72 Å². The van der Waals surface area contributed by atoms with E-state index in [1.54, 1.807) is 13.3 Å². The summed E-state index contributed by atoms with van der Waals surface area (Å²) in [5, 5.41) is 7.42. The van der Waals surface area contributed by atoms with E-state index < -0.39 is 0 Å². The third-order valence-corrected chi connectivity index (χ3v) is 6.91. The molecule has 2 aromatic carbocycles. The minimum Gasteiger partial charge on any atom is -0.494 e. The molecule has 2 N–H and O–H groups in total. The Morgan fingerprint density at radius 3 is 2.62 bits per heavy atom. The highest BCUT2D eigenvalue weighted by molar-refractivity contribution is 6.02. The monoisotopic (exact) mass is 561 g/mol. The first-order valence-electron chi connectivity index (χ1n) is 13.1. The van der Waals surface area contributed by atoms with Crippen LogP contribution in [0.2, 0.25) is 0 Å². The molecule has 0 spiro atoms. The van der Waals surface area contributed by atoms with Crippen LogP contribution in [0.4, 0.5) is 23.0 Å². The van der Waals surface area contributed by atoms with Crippen LogP contribution in [0.15, 0.2) is 67.5 Å². The lowest BCUT2D eigenvalue weighted by molar-refractivity contribution is -0.111. The third-order valence-electron chi connectivity index (χ3n) is 6.91. The first kappa shape index (κ1) is 28.9. The number of carbonyl (C=O) groups is 1. The Kier molecular flexibility index (Phi) is 8.96. The number of amides is 1. The van der Waals surface area contributed by atoms with Crippen molar-refractivity contribution in [3.8, 4) is 17.0 Å². The number of fused-ring (bicyclic) bond motifs is 1. The Hall–Kier alpha value is -4.08. The zero-order chi connectivity index (χ0) is 27.5. The number of para-hydroxylation sites is 1. The van der Waals surface area contributed by atoms with Crippen molar-refractivity contribution in [3.05, 3.63) is 67.5 Å². The molecule has 0 unspecified atom stereocenters. The zero-order valence-corrected chi connectivity index (χ0v) is 24.2. The topological polar surface area (TPSA) is 87.5 Å². The van der Waals surface area contributed by atoms with Crippen LogP contribution in [0, 0.1) is 0 Å². The number of ether oxygens (including phenoxy) is 1. The smallest absolute Gasteiger partial charge is 0.247 e. The van der Waals surface area contributed by atoms with Crippen molar-refractivity contribution in [3.63, 3.8) is 0 Å². The minimum atomic E-state index is -0.293. The third kappa shape index (κ3) is 6.21. The molecule has 1 amide bonds. The first-order valence-corrected chi connectivity index (χ1v) is 13.1. The second kappa shape index (κ2) is 12.4. The van der Waals surface area contributed by atoms with E-state index in [9.17, 15) is 4.79 Å². The standard InChI is InChI=1S/C30H35N7O2.ClH/c1-6-29(38)32-24-17-25(28(39-5)18-27(24)36(4)16-15-35(2)3)34-30-31-14-13-23(33-30)22-19-37(20-11-12-20)26-10-8-7-9-21(22)26;/h6-10,13-14,17-20H,1,11-12,15-16H2,2-5H3,(H,32,38)(H,31,33,34);1H. The molecule has 2 heterocycles. The second-order valence-corrected chi connectivity index (χ2v) is 10.1. The summed E-state index contributed by atoms with van der Waals surface area (Å²) >= 11 is 0.